The van der Waals surface area contributed by atoms with Gasteiger partial charge in [0, 0.05) is 36.9 Å². The number of allylic oxidation sites excluding steroid dienone is 1. The van der Waals surface area contributed by atoms with E-state index < -0.39 is 23.7 Å². The number of carbonyl (C=O) groups excluding carboxylic acids is 1. The second-order valence-corrected chi connectivity index (χ2v) is 4.38. The van der Waals surface area contributed by atoms with E-state index in [2.05, 4.69) is 24.5 Å². The van der Waals surface area contributed by atoms with Crippen LogP contribution in [0.15, 0.2) is 61.4 Å². The molecule has 0 rings (SSSR count). The minimum Gasteiger partial charge on any atom is -0.873 e. The molecule has 0 atom stereocenters. The van der Waals surface area contributed by atoms with Crippen LogP contribution in [0.1, 0.15) is 14.4 Å². The fraction of sp³-hybridized carbons (Fsp3) is 0.263. The quantitative estimate of drug-likeness (QED) is 0.114. The third kappa shape index (κ3) is 56.4. The first-order valence-electron chi connectivity index (χ1n) is 7.60. The number of aliphatic carboxylic acids is 3. The van der Waals surface area contributed by atoms with Crippen molar-refractivity contribution < 1.29 is 44.3 Å². The Morgan fingerprint density at radius 1 is 0.933 bits per heavy atom. The number of hydrogen-bond donors (Lipinski definition) is 5. The summed E-state index contributed by atoms with van der Waals surface area (Å²) in [6.07, 6.45) is 4.41. The van der Waals surface area contributed by atoms with Gasteiger partial charge in [-0.05, 0) is 6.92 Å². The van der Waals surface area contributed by atoms with Crippen molar-refractivity contribution in [1.82, 2.24) is 0 Å². The van der Waals surface area contributed by atoms with E-state index in [0.717, 1.165) is 12.2 Å². The first kappa shape index (κ1) is 37.1. The van der Waals surface area contributed by atoms with Gasteiger partial charge in [0.25, 0.3) is 0 Å². The summed E-state index contributed by atoms with van der Waals surface area (Å²) >= 11 is 0. The van der Waals surface area contributed by atoms with Gasteiger partial charge >= 0.3 is 23.9 Å². The van der Waals surface area contributed by atoms with E-state index in [0.29, 0.717) is 30.8 Å². The van der Waals surface area contributed by atoms with Crippen LogP contribution < -0.4 is 16.6 Å². The molecule has 0 saturated carbocycles. The van der Waals surface area contributed by atoms with Crippen LogP contribution in [0.2, 0.25) is 0 Å². The second-order valence-electron chi connectivity index (χ2n) is 4.38. The maximum atomic E-state index is 10.5. The molecule has 0 spiro atoms. The van der Waals surface area contributed by atoms with Crippen molar-refractivity contribution in [2.24, 2.45) is 11.5 Å². The molecule has 0 unspecified atom stereocenters. The second kappa shape index (κ2) is 27.5. The van der Waals surface area contributed by atoms with Gasteiger partial charge in [0.15, 0.2) is 0 Å². The third-order valence-corrected chi connectivity index (χ3v) is 1.65. The fourth-order valence-electron chi connectivity index (χ4n) is 0.582. The van der Waals surface area contributed by atoms with Gasteiger partial charge in [-0.15, -0.1) is 18.9 Å². The molecule has 0 aromatic heterocycles. The number of carboxylic acids is 3. The molecule has 0 fully saturated rings. The number of rotatable bonds is 8. The molecular weight excluding hydrogens is 400 g/mol. The van der Waals surface area contributed by atoms with Crippen molar-refractivity contribution in [3.05, 3.63) is 61.4 Å². The Hall–Kier alpha value is -3.70. The van der Waals surface area contributed by atoms with E-state index in [1.54, 1.807) is 13.0 Å². The van der Waals surface area contributed by atoms with Gasteiger partial charge in [0.1, 0.15) is 6.61 Å². The summed E-state index contributed by atoms with van der Waals surface area (Å²) in [7, 11) is 0. The summed E-state index contributed by atoms with van der Waals surface area (Å²) in [6.45, 7) is 12.5. The maximum absolute atomic E-state index is 10.5. The molecule has 0 aromatic rings. The summed E-state index contributed by atoms with van der Waals surface area (Å²) in [6, 6.07) is 0. The van der Waals surface area contributed by atoms with Gasteiger partial charge in [-0.1, -0.05) is 26.2 Å². The average Bonchev–Trinajstić information content (AvgIpc) is 2.63. The van der Waals surface area contributed by atoms with Crippen LogP contribution in [0.5, 0.6) is 0 Å². The molecule has 0 aliphatic rings. The zero-order chi connectivity index (χ0) is 23.8. The number of nitrogens with two attached hydrogens (primary N) is 2. The first-order valence-corrected chi connectivity index (χ1v) is 7.60. The molecule has 30 heavy (non-hydrogen) atoms. The Bertz CT molecular complexity index is 543. The molecule has 0 heterocycles. The van der Waals surface area contributed by atoms with E-state index in [1.807, 2.05) is 0 Å². The highest BCUT2D eigenvalue weighted by Crippen LogP contribution is 1.89. The lowest BCUT2D eigenvalue weighted by Crippen LogP contribution is -2.13. The molecule has 7 N–H and O–H groups in total. The fourth-order valence-corrected chi connectivity index (χ4v) is 0.582. The van der Waals surface area contributed by atoms with Gasteiger partial charge in [-0.3, -0.25) is 0 Å². The zero-order valence-electron chi connectivity index (χ0n) is 16.1. The van der Waals surface area contributed by atoms with Gasteiger partial charge in [-0.2, -0.15) is 0 Å². The minimum absolute atomic E-state index is 0. The van der Waals surface area contributed by atoms with Crippen molar-refractivity contribution in [2.75, 3.05) is 19.7 Å². The standard InChI is InChI=1S/C6H11NO2.C5H6O3.C4H4O4.C3H7N.CH4/c1-5(2)6(8)9-4-3-7;1-4(6)2-3-5(7)8;5-3(6)1-2-4(7)8;1-2-3-4;/h1,3-4,7H2,2H3;2-3,6H,1H2,(H,7,8);1-2H,(H,5,6)(H,7,8);2H,1,3-4H2;1H4/p-1/b;3-2-;2-1-;;. The van der Waals surface area contributed by atoms with Gasteiger partial charge in [0.2, 0.25) is 0 Å². The summed E-state index contributed by atoms with van der Waals surface area (Å²) in [5.74, 6) is -4.53. The normalized spacial score (nSPS) is 8.50. The van der Waals surface area contributed by atoms with Crippen LogP contribution in [-0.2, 0) is 23.9 Å². The molecule has 0 aromatic carbocycles. The minimum atomic E-state index is -1.26. The Morgan fingerprint density at radius 2 is 1.27 bits per heavy atom. The van der Waals surface area contributed by atoms with Crippen molar-refractivity contribution in [3.63, 3.8) is 0 Å². The Morgan fingerprint density at radius 3 is 1.43 bits per heavy atom. The van der Waals surface area contributed by atoms with E-state index in [4.69, 9.17) is 26.8 Å². The number of ether oxygens (including phenoxy) is 1. The average molecular weight is 431 g/mol. The molecule has 0 saturated heterocycles. The van der Waals surface area contributed by atoms with E-state index in [-0.39, 0.29) is 20.0 Å². The van der Waals surface area contributed by atoms with Crippen molar-refractivity contribution >= 4 is 23.9 Å². The van der Waals surface area contributed by atoms with Crippen molar-refractivity contribution in [3.8, 4) is 0 Å². The molecule has 0 aliphatic heterocycles. The van der Waals surface area contributed by atoms with Gasteiger partial charge in [0.05, 0.1) is 0 Å². The molecule has 11 nitrogen and oxygen atoms in total. The summed E-state index contributed by atoms with van der Waals surface area (Å²) in [4.78, 5) is 39.3. The number of hydrogen-bond acceptors (Lipinski definition) is 8. The predicted octanol–water partition coefficient (Wildman–Crippen LogP) is 0.0446. The molecule has 0 bridgehead atoms. The molecule has 0 radical (unpaired) electrons. The Balaban J connectivity index is -0.0000000944. The summed E-state index contributed by atoms with van der Waals surface area (Å²) < 4.78 is 4.59. The molecule has 0 aliphatic carbocycles. The zero-order valence-corrected chi connectivity index (χ0v) is 16.1. The highest BCUT2D eigenvalue weighted by Gasteiger charge is 1.99. The third-order valence-electron chi connectivity index (χ3n) is 1.65. The van der Waals surface area contributed by atoms with E-state index >= 15 is 0 Å². The summed E-state index contributed by atoms with van der Waals surface area (Å²) in [5.41, 5.74) is 10.4. The van der Waals surface area contributed by atoms with E-state index in [9.17, 15) is 24.3 Å². The largest absolute Gasteiger partial charge is 0.873 e. The molecule has 0 amide bonds. The maximum Gasteiger partial charge on any atom is 0.333 e. The highest BCUT2D eigenvalue weighted by atomic mass is 16.5. The predicted molar refractivity (Wildman–Crippen MR) is 111 cm³/mol. The van der Waals surface area contributed by atoms with Crippen LogP contribution in [-0.4, -0.2) is 58.9 Å². The molecule has 11 heteroatoms. The smallest absolute Gasteiger partial charge is 0.333 e. The SMILES string of the molecule is C.C=C(C)C(=O)OCCN.C=C([O-])/C=C\C(=O)O.C=CCN.O=C(O)/C=C\C(=O)O. The topological polar surface area (TPSA) is 213 Å². The van der Waals surface area contributed by atoms with Gasteiger partial charge < -0.3 is 36.6 Å². The lowest BCUT2D eigenvalue weighted by Gasteiger charge is -1.99. The monoisotopic (exact) mass is 431 g/mol. The van der Waals surface area contributed by atoms with Crippen LogP contribution in [0.4, 0.5) is 0 Å². The van der Waals surface area contributed by atoms with Crippen molar-refractivity contribution in [2.45, 2.75) is 14.4 Å². The van der Waals surface area contributed by atoms with Gasteiger partial charge in [-0.25, -0.2) is 19.2 Å². The number of carboxylic acid groups (broad SMARTS) is 3. The Labute approximate surface area is 175 Å². The Kier molecular flexibility index (Phi) is 34.0. The van der Waals surface area contributed by atoms with Crippen LogP contribution >= 0.6 is 0 Å². The first-order chi connectivity index (χ1) is 13.3. The molecule has 172 valence electrons. The summed E-state index contributed by atoms with van der Waals surface area (Å²) in [5, 5.41) is 33.4. The lowest BCUT2D eigenvalue weighted by molar-refractivity contribution is -0.294. The number of carbonyl (C=O) groups is 4. The van der Waals surface area contributed by atoms with E-state index in [1.165, 1.54) is 0 Å². The lowest BCUT2D eigenvalue weighted by atomic mass is 10.4. The van der Waals surface area contributed by atoms with Crippen molar-refractivity contribution in [1.29, 1.82) is 0 Å². The van der Waals surface area contributed by atoms with Crippen LogP contribution in [0.25, 0.3) is 0 Å². The number of esters is 1. The van der Waals surface area contributed by atoms with Crippen LogP contribution in [0.3, 0.4) is 0 Å². The highest BCUT2D eigenvalue weighted by molar-refractivity contribution is 5.89. The van der Waals surface area contributed by atoms with Crippen LogP contribution in [0, 0.1) is 0 Å². The molecular formula is C19H31N2O9-.